The lowest BCUT2D eigenvalue weighted by Gasteiger charge is -2.33. The van der Waals surface area contributed by atoms with Gasteiger partial charge in [-0.15, -0.1) is 12.4 Å². The molecule has 0 aliphatic carbocycles. The second kappa shape index (κ2) is 8.41. The summed E-state index contributed by atoms with van der Waals surface area (Å²) in [6.45, 7) is 4.70. The predicted molar refractivity (Wildman–Crippen MR) is 91.5 cm³/mol. The van der Waals surface area contributed by atoms with Crippen LogP contribution in [-0.2, 0) is 4.79 Å². The summed E-state index contributed by atoms with van der Waals surface area (Å²) in [6, 6.07) is 7.63. The lowest BCUT2D eigenvalue weighted by molar-refractivity contribution is -0.135. The number of ether oxygens (including phenoxy) is 2. The molecule has 1 aromatic carbocycles. The minimum Gasteiger partial charge on any atom is -0.486 e. The van der Waals surface area contributed by atoms with E-state index >= 15 is 0 Å². The molecule has 0 bridgehead atoms. The number of nitrogens with one attached hydrogen (secondary N) is 1. The van der Waals surface area contributed by atoms with Gasteiger partial charge >= 0.3 is 0 Å². The van der Waals surface area contributed by atoms with E-state index < -0.39 is 0 Å². The van der Waals surface area contributed by atoms with Crippen molar-refractivity contribution < 1.29 is 14.3 Å². The lowest BCUT2D eigenvalue weighted by atomic mass is 10.0. The van der Waals surface area contributed by atoms with E-state index in [1.165, 1.54) is 0 Å². The molecular formula is C17H25ClN2O3. The van der Waals surface area contributed by atoms with Crippen molar-refractivity contribution in [3.63, 3.8) is 0 Å². The van der Waals surface area contributed by atoms with E-state index in [-0.39, 0.29) is 30.5 Å². The molecule has 1 fully saturated rings. The molecule has 1 N–H and O–H groups in total. The van der Waals surface area contributed by atoms with Crippen molar-refractivity contribution in [2.45, 2.75) is 38.3 Å². The summed E-state index contributed by atoms with van der Waals surface area (Å²) in [6.07, 6.45) is 3.10. The number of hydrogen-bond donors (Lipinski definition) is 1. The van der Waals surface area contributed by atoms with Crippen LogP contribution in [0, 0.1) is 0 Å². The number of amides is 1. The number of nitrogens with zero attached hydrogens (tertiary/aromatic N) is 1. The third kappa shape index (κ3) is 4.30. The van der Waals surface area contributed by atoms with Gasteiger partial charge in [0.15, 0.2) is 17.6 Å². The van der Waals surface area contributed by atoms with Crippen molar-refractivity contribution in [1.82, 2.24) is 10.2 Å². The molecule has 2 heterocycles. The molecule has 1 unspecified atom stereocenters. The highest BCUT2D eigenvalue weighted by Crippen LogP contribution is 2.31. The van der Waals surface area contributed by atoms with Gasteiger partial charge in [-0.05, 0) is 38.4 Å². The number of fused-ring (bicyclic) bond motifs is 1. The first-order chi connectivity index (χ1) is 10.8. The maximum atomic E-state index is 12.6. The Kier molecular flexibility index (Phi) is 6.54. The minimum absolute atomic E-state index is 0. The van der Waals surface area contributed by atoms with E-state index in [0.717, 1.165) is 37.3 Å². The second-order valence-corrected chi connectivity index (χ2v) is 5.88. The molecule has 1 aromatic rings. The lowest BCUT2D eigenvalue weighted by Crippen LogP contribution is -2.52. The van der Waals surface area contributed by atoms with E-state index in [4.69, 9.17) is 9.47 Å². The average molecular weight is 341 g/mol. The van der Waals surface area contributed by atoms with Crippen molar-refractivity contribution in [3.05, 3.63) is 24.3 Å². The molecule has 23 heavy (non-hydrogen) atoms. The van der Waals surface area contributed by atoms with Gasteiger partial charge in [0.05, 0.1) is 12.6 Å². The predicted octanol–water partition coefficient (Wildman–Crippen LogP) is 2.24. The number of rotatable bonds is 4. The summed E-state index contributed by atoms with van der Waals surface area (Å²) in [5.74, 6) is 1.73. The van der Waals surface area contributed by atoms with Crippen LogP contribution in [0.15, 0.2) is 24.3 Å². The molecule has 1 saturated heterocycles. The number of piperidine rings is 1. The summed E-state index contributed by atoms with van der Waals surface area (Å²) < 4.78 is 11.7. The van der Waals surface area contributed by atoms with Gasteiger partial charge in [0, 0.05) is 6.54 Å². The van der Waals surface area contributed by atoms with E-state index in [2.05, 4.69) is 5.32 Å². The summed E-state index contributed by atoms with van der Waals surface area (Å²) in [4.78, 5) is 14.5. The largest absolute Gasteiger partial charge is 0.486 e. The van der Waals surface area contributed by atoms with Crippen LogP contribution < -0.4 is 14.8 Å². The Morgan fingerprint density at radius 2 is 2.09 bits per heavy atom. The normalized spacial score (nSPS) is 22.8. The molecule has 2 atom stereocenters. The second-order valence-electron chi connectivity index (χ2n) is 5.88. The first kappa shape index (κ1) is 17.9. The Morgan fingerprint density at radius 1 is 1.30 bits per heavy atom. The fourth-order valence-corrected chi connectivity index (χ4v) is 3.06. The Hall–Kier alpha value is -1.46. The van der Waals surface area contributed by atoms with Gasteiger partial charge in [-0.3, -0.25) is 4.79 Å². The number of carbonyl (C=O) groups is 1. The Morgan fingerprint density at radius 3 is 2.78 bits per heavy atom. The van der Waals surface area contributed by atoms with Crippen LogP contribution in [0.3, 0.4) is 0 Å². The molecule has 1 amide bonds. The highest BCUT2D eigenvalue weighted by atomic mass is 35.5. The number of hydrogen-bond acceptors (Lipinski definition) is 4. The number of likely N-dealkylation sites (N-methyl/N-ethyl adjacent to an activating group) is 1. The van der Waals surface area contributed by atoms with E-state index in [0.29, 0.717) is 19.7 Å². The highest BCUT2D eigenvalue weighted by molar-refractivity contribution is 5.85. The van der Waals surface area contributed by atoms with Crippen LogP contribution in [0.5, 0.6) is 11.5 Å². The van der Waals surface area contributed by atoms with Gasteiger partial charge < -0.3 is 19.7 Å². The zero-order chi connectivity index (χ0) is 15.4. The number of halogens is 1. The molecule has 0 aromatic heterocycles. The van der Waals surface area contributed by atoms with Crippen LogP contribution in [0.2, 0.25) is 0 Å². The van der Waals surface area contributed by atoms with E-state index in [1.54, 1.807) is 0 Å². The fourth-order valence-electron chi connectivity index (χ4n) is 3.06. The Balaban J connectivity index is 0.00000192. The molecule has 2 aliphatic heterocycles. The quantitative estimate of drug-likeness (QED) is 0.913. The minimum atomic E-state index is -0.109. The standard InChI is InChI=1S/C17H24N2O3.ClH/c1-2-19(17(20)14-7-5-6-10-18-14)11-13-12-21-15-8-3-4-9-16(15)22-13;/h3-4,8-9,13-14,18H,2,5-7,10-12H2,1H3;1H/t13?,14-;/m0./s1. The van der Waals surface area contributed by atoms with Crippen molar-refractivity contribution in [2.24, 2.45) is 0 Å². The zero-order valence-corrected chi connectivity index (χ0v) is 14.3. The molecular weight excluding hydrogens is 316 g/mol. The van der Waals surface area contributed by atoms with Crippen LogP contribution in [0.1, 0.15) is 26.2 Å². The van der Waals surface area contributed by atoms with Gasteiger partial charge in [-0.25, -0.2) is 0 Å². The number of para-hydroxylation sites is 2. The number of benzene rings is 1. The van der Waals surface area contributed by atoms with E-state index in [1.807, 2.05) is 36.1 Å². The smallest absolute Gasteiger partial charge is 0.239 e. The molecule has 128 valence electrons. The summed E-state index contributed by atoms with van der Waals surface area (Å²) in [5, 5.41) is 3.32. The highest BCUT2D eigenvalue weighted by Gasteiger charge is 2.29. The van der Waals surface area contributed by atoms with Crippen molar-refractivity contribution in [1.29, 1.82) is 0 Å². The molecule has 3 rings (SSSR count). The topological polar surface area (TPSA) is 50.8 Å². The van der Waals surface area contributed by atoms with Gasteiger partial charge in [0.2, 0.25) is 5.91 Å². The average Bonchev–Trinajstić information content (AvgIpc) is 2.59. The maximum Gasteiger partial charge on any atom is 0.239 e. The molecule has 6 heteroatoms. The third-order valence-corrected chi connectivity index (χ3v) is 4.29. The SMILES string of the molecule is CCN(CC1COc2ccccc2O1)C(=O)[C@@H]1CCCCN1.Cl. The third-order valence-electron chi connectivity index (χ3n) is 4.29. The van der Waals surface area contributed by atoms with Crippen molar-refractivity contribution >= 4 is 18.3 Å². The zero-order valence-electron chi connectivity index (χ0n) is 13.5. The van der Waals surface area contributed by atoms with Gasteiger partial charge in [-0.1, -0.05) is 18.6 Å². The molecule has 0 spiro atoms. The number of carbonyl (C=O) groups excluding carboxylic acids is 1. The summed E-state index contributed by atoms with van der Waals surface area (Å²) >= 11 is 0. The van der Waals surface area contributed by atoms with Crippen molar-refractivity contribution in [3.8, 4) is 11.5 Å². The van der Waals surface area contributed by atoms with Gasteiger partial charge in [-0.2, -0.15) is 0 Å². The fraction of sp³-hybridized carbons (Fsp3) is 0.588. The van der Waals surface area contributed by atoms with Crippen LogP contribution in [0.4, 0.5) is 0 Å². The van der Waals surface area contributed by atoms with Gasteiger partial charge in [0.25, 0.3) is 0 Å². The Bertz CT molecular complexity index is 520. The first-order valence-corrected chi connectivity index (χ1v) is 8.18. The van der Waals surface area contributed by atoms with Crippen LogP contribution in [-0.4, -0.2) is 49.2 Å². The monoisotopic (exact) mass is 340 g/mol. The summed E-state index contributed by atoms with van der Waals surface area (Å²) in [5.41, 5.74) is 0. The summed E-state index contributed by atoms with van der Waals surface area (Å²) in [7, 11) is 0. The van der Waals surface area contributed by atoms with Crippen LogP contribution >= 0.6 is 12.4 Å². The van der Waals surface area contributed by atoms with Crippen LogP contribution in [0.25, 0.3) is 0 Å². The molecule has 5 nitrogen and oxygen atoms in total. The molecule has 0 saturated carbocycles. The first-order valence-electron chi connectivity index (χ1n) is 8.18. The molecule has 0 radical (unpaired) electrons. The van der Waals surface area contributed by atoms with Crippen molar-refractivity contribution in [2.75, 3.05) is 26.2 Å². The Labute approximate surface area is 143 Å². The van der Waals surface area contributed by atoms with E-state index in [9.17, 15) is 4.79 Å². The molecule has 2 aliphatic rings. The van der Waals surface area contributed by atoms with Gasteiger partial charge in [0.1, 0.15) is 6.61 Å². The maximum absolute atomic E-state index is 12.6.